The topological polar surface area (TPSA) is 58.4 Å². The van der Waals surface area contributed by atoms with E-state index < -0.39 is 0 Å². The van der Waals surface area contributed by atoms with Gasteiger partial charge in [0, 0.05) is 12.4 Å². The van der Waals surface area contributed by atoms with Gasteiger partial charge in [0.2, 0.25) is 5.91 Å². The summed E-state index contributed by atoms with van der Waals surface area (Å²) in [7, 11) is 0. The van der Waals surface area contributed by atoms with Crippen LogP contribution in [-0.4, -0.2) is 27.9 Å². The zero-order valence-corrected chi connectivity index (χ0v) is 11.0. The minimum atomic E-state index is -0.0284. The van der Waals surface area contributed by atoms with E-state index in [-0.39, 0.29) is 11.9 Å². The molecule has 5 nitrogen and oxygen atoms in total. The Bertz CT molecular complexity index is 599. The highest BCUT2D eigenvalue weighted by atomic mass is 16.2. The Hall–Kier alpha value is -1.88. The van der Waals surface area contributed by atoms with Crippen molar-refractivity contribution in [2.45, 2.75) is 32.4 Å². The van der Waals surface area contributed by atoms with Crippen molar-refractivity contribution < 1.29 is 4.79 Å². The molecule has 0 bridgehead atoms. The number of fused-ring (bicyclic) bond motifs is 1. The van der Waals surface area contributed by atoms with Gasteiger partial charge in [0.15, 0.2) is 0 Å². The molecule has 0 radical (unpaired) electrons. The van der Waals surface area contributed by atoms with E-state index in [1.807, 2.05) is 35.9 Å². The average Bonchev–Trinajstić information content (AvgIpc) is 3.04. The molecule has 1 fully saturated rings. The third-order valence-electron chi connectivity index (χ3n) is 3.49. The van der Waals surface area contributed by atoms with E-state index in [1.54, 1.807) is 0 Å². The van der Waals surface area contributed by atoms with Crippen molar-refractivity contribution in [3.8, 4) is 0 Å². The summed E-state index contributed by atoms with van der Waals surface area (Å²) < 4.78 is 1.97. The van der Waals surface area contributed by atoms with Crippen molar-refractivity contribution in [3.63, 3.8) is 0 Å². The molecule has 3 heterocycles. The highest BCUT2D eigenvalue weighted by Crippen LogP contribution is 2.08. The van der Waals surface area contributed by atoms with Crippen LogP contribution in [-0.2, 0) is 11.3 Å². The summed E-state index contributed by atoms with van der Waals surface area (Å²) >= 11 is 0. The van der Waals surface area contributed by atoms with Crippen molar-refractivity contribution in [2.24, 2.45) is 0 Å². The second-order valence-corrected chi connectivity index (χ2v) is 5.07. The number of amides is 1. The molecular weight excluding hydrogens is 240 g/mol. The number of nitrogens with zero attached hydrogens (tertiary/aromatic N) is 2. The van der Waals surface area contributed by atoms with E-state index in [0.29, 0.717) is 6.54 Å². The fraction of sp³-hybridized carbons (Fsp3) is 0.429. The first kappa shape index (κ1) is 12.2. The van der Waals surface area contributed by atoms with Gasteiger partial charge in [-0.3, -0.25) is 4.79 Å². The van der Waals surface area contributed by atoms with Gasteiger partial charge >= 0.3 is 0 Å². The van der Waals surface area contributed by atoms with Crippen molar-refractivity contribution in [1.29, 1.82) is 0 Å². The Kier molecular flexibility index (Phi) is 3.21. The quantitative estimate of drug-likeness (QED) is 0.864. The molecule has 1 saturated heterocycles. The second-order valence-electron chi connectivity index (χ2n) is 5.07. The number of carbonyl (C=O) groups excluding carboxylic acids is 1. The fourth-order valence-electron chi connectivity index (χ4n) is 2.43. The molecule has 5 heteroatoms. The Balaban J connectivity index is 1.66. The molecule has 2 N–H and O–H groups in total. The fourth-order valence-corrected chi connectivity index (χ4v) is 2.43. The number of pyridine rings is 1. The number of hydrogen-bond donors (Lipinski definition) is 2. The molecule has 3 rings (SSSR count). The number of rotatable bonds is 3. The lowest BCUT2D eigenvalue weighted by Crippen LogP contribution is -2.40. The predicted octanol–water partition coefficient (Wildman–Crippen LogP) is 1.01. The lowest BCUT2D eigenvalue weighted by Gasteiger charge is -2.09. The van der Waals surface area contributed by atoms with E-state index >= 15 is 0 Å². The summed E-state index contributed by atoms with van der Waals surface area (Å²) in [6, 6.07) is 4.04. The van der Waals surface area contributed by atoms with Gasteiger partial charge in [-0.05, 0) is 44.0 Å². The van der Waals surface area contributed by atoms with Crippen LogP contribution in [0.15, 0.2) is 24.5 Å². The zero-order chi connectivity index (χ0) is 13.2. The summed E-state index contributed by atoms with van der Waals surface area (Å²) in [5.74, 6) is 0.0748. The zero-order valence-electron chi connectivity index (χ0n) is 11.0. The molecule has 0 aliphatic carbocycles. The van der Waals surface area contributed by atoms with Gasteiger partial charge in [-0.1, -0.05) is 0 Å². The van der Waals surface area contributed by atoms with Crippen LogP contribution in [0.2, 0.25) is 0 Å². The maximum Gasteiger partial charge on any atom is 0.237 e. The maximum absolute atomic E-state index is 11.9. The van der Waals surface area contributed by atoms with Gasteiger partial charge in [-0.15, -0.1) is 0 Å². The van der Waals surface area contributed by atoms with E-state index in [0.717, 1.165) is 30.7 Å². The van der Waals surface area contributed by atoms with Gasteiger partial charge < -0.3 is 15.0 Å². The van der Waals surface area contributed by atoms with Crippen LogP contribution in [0.5, 0.6) is 0 Å². The van der Waals surface area contributed by atoms with Crippen LogP contribution in [0.25, 0.3) is 5.65 Å². The van der Waals surface area contributed by atoms with Gasteiger partial charge in [0.1, 0.15) is 5.65 Å². The Labute approximate surface area is 112 Å². The highest BCUT2D eigenvalue weighted by Gasteiger charge is 2.21. The maximum atomic E-state index is 11.9. The van der Waals surface area contributed by atoms with Gasteiger partial charge in [-0.2, -0.15) is 0 Å². The van der Waals surface area contributed by atoms with Crippen LogP contribution in [0, 0.1) is 6.92 Å². The molecule has 2 aromatic heterocycles. The van der Waals surface area contributed by atoms with Crippen molar-refractivity contribution >= 4 is 11.6 Å². The van der Waals surface area contributed by atoms with Gasteiger partial charge in [0.25, 0.3) is 0 Å². The molecule has 100 valence electrons. The van der Waals surface area contributed by atoms with E-state index in [2.05, 4.69) is 15.6 Å². The SMILES string of the molecule is Cc1ccn2cc(CNC(=O)C3CCCN3)nc2c1. The summed E-state index contributed by atoms with van der Waals surface area (Å²) in [5, 5.41) is 6.13. The number of carbonyl (C=O) groups is 1. The van der Waals surface area contributed by atoms with Gasteiger partial charge in [0.05, 0.1) is 18.3 Å². The summed E-state index contributed by atoms with van der Waals surface area (Å²) in [6.07, 6.45) is 5.95. The molecule has 1 aliphatic heterocycles. The minimum absolute atomic E-state index is 0.0284. The lowest BCUT2D eigenvalue weighted by atomic mass is 10.2. The van der Waals surface area contributed by atoms with Crippen molar-refractivity contribution in [3.05, 3.63) is 35.8 Å². The summed E-state index contributed by atoms with van der Waals surface area (Å²) in [5.41, 5.74) is 2.99. The van der Waals surface area contributed by atoms with E-state index in [9.17, 15) is 4.79 Å². The predicted molar refractivity (Wildman–Crippen MR) is 72.8 cm³/mol. The second kappa shape index (κ2) is 5.01. The van der Waals surface area contributed by atoms with Crippen molar-refractivity contribution in [2.75, 3.05) is 6.54 Å². The number of nitrogens with one attached hydrogen (secondary N) is 2. The first-order valence-corrected chi connectivity index (χ1v) is 6.68. The first-order valence-electron chi connectivity index (χ1n) is 6.68. The Morgan fingerprint density at radius 1 is 1.63 bits per heavy atom. The smallest absolute Gasteiger partial charge is 0.237 e. The average molecular weight is 258 g/mol. The van der Waals surface area contributed by atoms with Crippen molar-refractivity contribution in [1.82, 2.24) is 20.0 Å². The van der Waals surface area contributed by atoms with Crippen LogP contribution >= 0.6 is 0 Å². The third kappa shape index (κ3) is 2.61. The number of aryl methyl sites for hydroxylation is 1. The largest absolute Gasteiger partial charge is 0.349 e. The van der Waals surface area contributed by atoms with E-state index in [4.69, 9.17) is 0 Å². The molecule has 0 saturated carbocycles. The van der Waals surface area contributed by atoms with Crippen LogP contribution in [0.3, 0.4) is 0 Å². The number of imidazole rings is 1. The molecule has 0 aromatic carbocycles. The Morgan fingerprint density at radius 2 is 2.53 bits per heavy atom. The van der Waals surface area contributed by atoms with E-state index in [1.165, 1.54) is 5.56 Å². The molecule has 1 atom stereocenters. The van der Waals surface area contributed by atoms with Crippen LogP contribution in [0.1, 0.15) is 24.1 Å². The third-order valence-corrected chi connectivity index (χ3v) is 3.49. The minimum Gasteiger partial charge on any atom is -0.349 e. The summed E-state index contributed by atoms with van der Waals surface area (Å²) in [4.78, 5) is 16.4. The monoisotopic (exact) mass is 258 g/mol. The van der Waals surface area contributed by atoms with Crippen LogP contribution in [0.4, 0.5) is 0 Å². The molecule has 2 aromatic rings. The molecule has 1 aliphatic rings. The molecular formula is C14H18N4O. The highest BCUT2D eigenvalue weighted by molar-refractivity contribution is 5.81. The Morgan fingerprint density at radius 3 is 3.32 bits per heavy atom. The van der Waals surface area contributed by atoms with Gasteiger partial charge in [-0.25, -0.2) is 4.98 Å². The standard InChI is InChI=1S/C14H18N4O/c1-10-4-6-18-9-11(17-13(18)7-10)8-16-14(19)12-3-2-5-15-12/h4,6-7,9,12,15H,2-3,5,8H2,1H3,(H,16,19). The molecule has 0 spiro atoms. The normalized spacial score (nSPS) is 18.9. The molecule has 1 unspecified atom stereocenters. The molecule has 19 heavy (non-hydrogen) atoms. The molecule has 1 amide bonds. The summed E-state index contributed by atoms with van der Waals surface area (Å²) in [6.45, 7) is 3.46. The number of aromatic nitrogens is 2. The number of hydrogen-bond acceptors (Lipinski definition) is 3. The van der Waals surface area contributed by atoms with Crippen LogP contribution < -0.4 is 10.6 Å². The lowest BCUT2D eigenvalue weighted by molar-refractivity contribution is -0.122. The first-order chi connectivity index (χ1) is 9.22.